The van der Waals surface area contributed by atoms with E-state index in [-0.39, 0.29) is 5.92 Å². The van der Waals surface area contributed by atoms with E-state index in [1.165, 1.54) is 79.3 Å². The molecule has 62 heavy (non-hydrogen) atoms. The third kappa shape index (κ3) is 7.75. The Morgan fingerprint density at radius 2 is 0.887 bits per heavy atom. The van der Waals surface area contributed by atoms with Crippen LogP contribution in [0.3, 0.4) is 0 Å². The Labute approximate surface area is 379 Å². The zero-order valence-corrected chi connectivity index (χ0v) is 37.3. The van der Waals surface area contributed by atoms with E-state index in [0.717, 1.165) is 40.8 Å². The average Bonchev–Trinajstić information content (AvgIpc) is 3.89. The molecule has 4 heteroatoms. The molecule has 1 nitrogen and oxygen atoms in total. The fourth-order valence-electron chi connectivity index (χ4n) is 9.10. The average molecular weight is 897 g/mol. The van der Waals surface area contributed by atoms with Crippen LogP contribution in [0, 0.1) is 0 Å². The number of rotatable bonds is 11. The number of nitrogens with zero attached hydrogens (tertiary/aromatic N) is 1. The van der Waals surface area contributed by atoms with Gasteiger partial charge < -0.3 is 4.90 Å². The summed E-state index contributed by atoms with van der Waals surface area (Å²) < 4.78 is 6.39. The van der Waals surface area contributed by atoms with E-state index in [2.05, 4.69) is 233 Å². The van der Waals surface area contributed by atoms with Crippen molar-refractivity contribution in [2.24, 2.45) is 0 Å². The maximum absolute atomic E-state index is 4.04. The highest BCUT2D eigenvalue weighted by Crippen LogP contribution is 2.43. The number of anilines is 3. The van der Waals surface area contributed by atoms with Gasteiger partial charge in [-0.25, -0.2) is 0 Å². The fourth-order valence-corrected chi connectivity index (χ4v) is 11.9. The Balaban J connectivity index is 0.996. The van der Waals surface area contributed by atoms with E-state index >= 15 is 0 Å². The number of hydrogen-bond donors (Lipinski definition) is 0. The number of aryl methyl sites for hydroxylation is 1. The maximum atomic E-state index is 4.04. The molecule has 1 unspecified atom stereocenters. The lowest BCUT2D eigenvalue weighted by Crippen LogP contribution is -2.12. The number of benzene rings is 9. The Morgan fingerprint density at radius 3 is 1.53 bits per heavy atom. The topological polar surface area (TPSA) is 3.24 Å². The minimum Gasteiger partial charge on any atom is -0.310 e. The molecule has 11 rings (SSSR count). The van der Waals surface area contributed by atoms with Crippen molar-refractivity contribution in [3.05, 3.63) is 233 Å². The maximum Gasteiger partial charge on any atom is 0.0476 e. The van der Waals surface area contributed by atoms with E-state index in [1.54, 1.807) is 0 Å². The van der Waals surface area contributed by atoms with Gasteiger partial charge in [-0.05, 0) is 125 Å². The predicted molar refractivity (Wildman–Crippen MR) is 273 cm³/mol. The summed E-state index contributed by atoms with van der Waals surface area (Å²) in [6, 6.07) is 78.3. The lowest BCUT2D eigenvalue weighted by atomic mass is 9.86. The van der Waals surface area contributed by atoms with Crippen LogP contribution in [0.15, 0.2) is 217 Å². The molecule has 0 saturated heterocycles. The normalized spacial score (nSPS) is 12.1. The minimum atomic E-state index is 0.277. The molecule has 0 N–H and O–H groups in total. The Bertz CT molecular complexity index is 3330. The number of hydrogen-bond acceptors (Lipinski definition) is 3. The molecule has 0 aliphatic carbocycles. The van der Waals surface area contributed by atoms with Crippen LogP contribution in [0.1, 0.15) is 29.0 Å². The first kappa shape index (κ1) is 38.6. The summed E-state index contributed by atoms with van der Waals surface area (Å²) in [6.07, 6.45) is 2.95. The Kier molecular flexibility index (Phi) is 10.5. The highest BCUT2D eigenvalue weighted by Gasteiger charge is 2.21. The second kappa shape index (κ2) is 16.9. The standard InChI is InChI=1S/C58H42BrNS2/c59-47-35-46(45(25-21-39-19-23-43(24-20-39)41-11-3-1-4-12-41)33-40-22-31-53-51-15-7-9-17-55(51)61-57(53)34-40)36-50(37-47)60(48-28-26-44(27-29-48)42-13-5-2-6-14-42)49-30-32-54-52-16-8-10-18-56(52)62-58(54)38-49/h1-20,22-24,26-32,34-38,45H,21,25,33H2. The van der Waals surface area contributed by atoms with Gasteiger partial charge in [-0.1, -0.05) is 168 Å². The summed E-state index contributed by atoms with van der Waals surface area (Å²) in [6.45, 7) is 0. The third-order valence-corrected chi connectivity index (χ3v) is 15.0. The van der Waals surface area contributed by atoms with E-state index in [0.29, 0.717) is 0 Å². The molecular formula is C58H42BrNS2. The molecule has 2 heterocycles. The predicted octanol–water partition coefficient (Wildman–Crippen LogP) is 17.9. The van der Waals surface area contributed by atoms with Gasteiger partial charge in [0.2, 0.25) is 0 Å². The number of fused-ring (bicyclic) bond motifs is 6. The molecule has 0 aliphatic rings. The molecule has 0 amide bonds. The lowest BCUT2D eigenvalue weighted by molar-refractivity contribution is 0.621. The summed E-state index contributed by atoms with van der Waals surface area (Å²) in [4.78, 5) is 2.44. The summed E-state index contributed by atoms with van der Waals surface area (Å²) >= 11 is 7.81. The molecular weight excluding hydrogens is 855 g/mol. The van der Waals surface area contributed by atoms with Gasteiger partial charge >= 0.3 is 0 Å². The molecule has 2 aromatic heterocycles. The first-order chi connectivity index (χ1) is 30.6. The van der Waals surface area contributed by atoms with Gasteiger partial charge in [-0.3, -0.25) is 0 Å². The molecule has 0 spiro atoms. The highest BCUT2D eigenvalue weighted by molar-refractivity contribution is 9.10. The molecule has 0 saturated carbocycles. The molecule has 0 aliphatic heterocycles. The molecule has 0 radical (unpaired) electrons. The summed E-state index contributed by atoms with van der Waals surface area (Å²) in [5, 5.41) is 5.31. The number of halogens is 1. The first-order valence-corrected chi connectivity index (χ1v) is 23.7. The molecule has 1 atom stereocenters. The minimum absolute atomic E-state index is 0.277. The van der Waals surface area contributed by atoms with Crippen molar-refractivity contribution >= 4 is 96.0 Å². The van der Waals surface area contributed by atoms with E-state index in [1.807, 2.05) is 22.7 Å². The van der Waals surface area contributed by atoms with Gasteiger partial charge in [0, 0.05) is 61.9 Å². The third-order valence-electron chi connectivity index (χ3n) is 12.3. The van der Waals surface area contributed by atoms with E-state index < -0.39 is 0 Å². The van der Waals surface area contributed by atoms with Gasteiger partial charge in [0.15, 0.2) is 0 Å². The van der Waals surface area contributed by atoms with Crippen LogP contribution in [-0.4, -0.2) is 0 Å². The van der Waals surface area contributed by atoms with E-state index in [9.17, 15) is 0 Å². The Hall–Kier alpha value is -6.30. The zero-order valence-electron chi connectivity index (χ0n) is 34.0. The van der Waals surface area contributed by atoms with E-state index in [4.69, 9.17) is 0 Å². The van der Waals surface area contributed by atoms with Gasteiger partial charge in [0.1, 0.15) is 0 Å². The van der Waals surface area contributed by atoms with Gasteiger partial charge in [0.05, 0.1) is 0 Å². The van der Waals surface area contributed by atoms with Crippen LogP contribution in [-0.2, 0) is 12.8 Å². The second-order valence-corrected chi connectivity index (χ2v) is 19.3. The quantitative estimate of drug-likeness (QED) is 0.125. The monoisotopic (exact) mass is 895 g/mol. The van der Waals surface area contributed by atoms with Crippen molar-refractivity contribution in [3.63, 3.8) is 0 Å². The van der Waals surface area contributed by atoms with Gasteiger partial charge in [-0.15, -0.1) is 22.7 Å². The van der Waals surface area contributed by atoms with Crippen LogP contribution in [0.4, 0.5) is 17.1 Å². The van der Waals surface area contributed by atoms with Crippen molar-refractivity contribution in [1.82, 2.24) is 0 Å². The first-order valence-electron chi connectivity index (χ1n) is 21.3. The van der Waals surface area contributed by atoms with Crippen molar-refractivity contribution in [2.45, 2.75) is 25.2 Å². The fraction of sp³-hybridized carbons (Fsp3) is 0.0690. The highest BCUT2D eigenvalue weighted by atomic mass is 79.9. The van der Waals surface area contributed by atoms with Gasteiger partial charge in [-0.2, -0.15) is 0 Å². The number of thiophene rings is 2. The lowest BCUT2D eigenvalue weighted by Gasteiger charge is -2.28. The van der Waals surface area contributed by atoms with Crippen LogP contribution in [0.5, 0.6) is 0 Å². The van der Waals surface area contributed by atoms with Crippen LogP contribution < -0.4 is 4.90 Å². The molecule has 9 aromatic carbocycles. The molecule has 0 bridgehead atoms. The van der Waals surface area contributed by atoms with Crippen LogP contribution >= 0.6 is 38.6 Å². The SMILES string of the molecule is Brc1cc(C(CCc2ccc(-c3ccccc3)cc2)Cc2ccc3c(c2)sc2ccccc23)cc(N(c2ccc(-c3ccccc3)cc2)c2ccc3c(c2)sc2ccccc23)c1. The molecule has 298 valence electrons. The summed E-state index contributed by atoms with van der Waals surface area (Å²) in [5.74, 6) is 0.277. The zero-order chi connectivity index (χ0) is 41.4. The Morgan fingerprint density at radius 1 is 0.387 bits per heavy atom. The van der Waals surface area contributed by atoms with Crippen molar-refractivity contribution in [1.29, 1.82) is 0 Å². The summed E-state index contributed by atoms with van der Waals surface area (Å²) in [5.41, 5.74) is 12.4. The van der Waals surface area contributed by atoms with Gasteiger partial charge in [0.25, 0.3) is 0 Å². The largest absolute Gasteiger partial charge is 0.310 e. The van der Waals surface area contributed by atoms with Crippen LogP contribution in [0.2, 0.25) is 0 Å². The van der Waals surface area contributed by atoms with Crippen molar-refractivity contribution < 1.29 is 0 Å². The summed E-state index contributed by atoms with van der Waals surface area (Å²) in [7, 11) is 0. The van der Waals surface area contributed by atoms with Crippen molar-refractivity contribution in [2.75, 3.05) is 4.90 Å². The van der Waals surface area contributed by atoms with Crippen LogP contribution in [0.25, 0.3) is 62.6 Å². The second-order valence-electron chi connectivity index (χ2n) is 16.2. The smallest absolute Gasteiger partial charge is 0.0476 e. The molecule has 11 aromatic rings. The van der Waals surface area contributed by atoms with Crippen molar-refractivity contribution in [3.8, 4) is 22.3 Å². The molecule has 0 fully saturated rings.